The van der Waals surface area contributed by atoms with E-state index in [-0.39, 0.29) is 10.8 Å². The van der Waals surface area contributed by atoms with Gasteiger partial charge in [-0.1, -0.05) is 36.4 Å². The fourth-order valence-electron chi connectivity index (χ4n) is 3.09. The Bertz CT molecular complexity index is 1040. The van der Waals surface area contributed by atoms with E-state index in [1.807, 2.05) is 60.7 Å². The molecule has 3 rings (SSSR count). The molecule has 0 aromatic heterocycles. The Kier molecular flexibility index (Phi) is 5.15. The average molecular weight is 379 g/mol. The van der Waals surface area contributed by atoms with Crippen molar-refractivity contribution in [1.29, 1.82) is 0 Å². The van der Waals surface area contributed by atoms with Crippen LogP contribution in [0.1, 0.15) is 21.5 Å². The highest BCUT2D eigenvalue weighted by Crippen LogP contribution is 2.30. The van der Waals surface area contributed by atoms with Crippen molar-refractivity contribution in [2.75, 3.05) is 11.2 Å². The van der Waals surface area contributed by atoms with Gasteiger partial charge in [0.25, 0.3) is 5.91 Å². The van der Waals surface area contributed by atoms with Gasteiger partial charge in [-0.25, -0.2) is 8.42 Å². The Balaban J connectivity index is 2.15. The highest BCUT2D eigenvalue weighted by Gasteiger charge is 2.23. The smallest absolute Gasteiger partial charge is 0.263 e. The topological polar surface area (TPSA) is 54.5 Å². The van der Waals surface area contributed by atoms with Gasteiger partial charge < -0.3 is 0 Å². The van der Waals surface area contributed by atoms with Crippen molar-refractivity contribution in [1.82, 2.24) is 0 Å². The maximum absolute atomic E-state index is 13.5. The lowest BCUT2D eigenvalue weighted by molar-refractivity contribution is 0.0998. The van der Waals surface area contributed by atoms with Crippen LogP contribution in [0.5, 0.6) is 0 Å². The summed E-state index contributed by atoms with van der Waals surface area (Å²) in [7, 11) is -3.35. The Morgan fingerprint density at radius 2 is 1.22 bits per heavy atom. The van der Waals surface area contributed by atoms with Crippen molar-refractivity contribution < 1.29 is 13.2 Å². The number of hydrogen-bond acceptors (Lipinski definition) is 3. The number of para-hydroxylation sites is 2. The molecule has 0 saturated heterocycles. The Labute approximate surface area is 160 Å². The van der Waals surface area contributed by atoms with E-state index < -0.39 is 9.84 Å². The number of carbonyl (C=O) groups excluding carboxylic acids is 1. The minimum atomic E-state index is -3.35. The van der Waals surface area contributed by atoms with Crippen molar-refractivity contribution in [2.24, 2.45) is 0 Å². The van der Waals surface area contributed by atoms with Gasteiger partial charge in [0, 0.05) is 23.2 Å². The predicted molar refractivity (Wildman–Crippen MR) is 108 cm³/mol. The summed E-state index contributed by atoms with van der Waals surface area (Å²) in [6, 6.07) is 21.9. The van der Waals surface area contributed by atoms with Crippen LogP contribution in [0.2, 0.25) is 0 Å². The maximum atomic E-state index is 13.5. The zero-order valence-electron chi connectivity index (χ0n) is 15.5. The molecule has 0 unspecified atom stereocenters. The van der Waals surface area contributed by atoms with Crippen molar-refractivity contribution in [3.8, 4) is 0 Å². The van der Waals surface area contributed by atoms with E-state index >= 15 is 0 Å². The van der Waals surface area contributed by atoms with Gasteiger partial charge in [-0.2, -0.15) is 0 Å². The van der Waals surface area contributed by atoms with Gasteiger partial charge >= 0.3 is 0 Å². The maximum Gasteiger partial charge on any atom is 0.263 e. The highest BCUT2D eigenvalue weighted by molar-refractivity contribution is 7.90. The van der Waals surface area contributed by atoms with Gasteiger partial charge in [-0.05, 0) is 61.4 Å². The fraction of sp³-hybridized carbons (Fsp3) is 0.136. The molecule has 0 saturated carbocycles. The van der Waals surface area contributed by atoms with Crippen LogP contribution < -0.4 is 4.90 Å². The number of sulfone groups is 1. The molecule has 0 aliphatic rings. The molecule has 0 aliphatic carbocycles. The zero-order chi connectivity index (χ0) is 19.6. The summed E-state index contributed by atoms with van der Waals surface area (Å²) >= 11 is 0. The molecule has 138 valence electrons. The molecule has 0 fully saturated rings. The predicted octanol–water partition coefficient (Wildman–Crippen LogP) is 4.69. The normalized spacial score (nSPS) is 11.2. The molecular weight excluding hydrogens is 358 g/mol. The van der Waals surface area contributed by atoms with Crippen molar-refractivity contribution in [3.05, 3.63) is 89.5 Å². The highest BCUT2D eigenvalue weighted by atomic mass is 32.2. The largest absolute Gasteiger partial charge is 0.277 e. The van der Waals surface area contributed by atoms with Crippen LogP contribution in [0, 0.1) is 13.8 Å². The first kappa shape index (κ1) is 18.9. The number of hydrogen-bond donors (Lipinski definition) is 0. The van der Waals surface area contributed by atoms with Crippen molar-refractivity contribution in [3.63, 3.8) is 0 Å². The summed E-state index contributed by atoms with van der Waals surface area (Å²) in [5.41, 5.74) is 3.24. The lowest BCUT2D eigenvalue weighted by Crippen LogP contribution is -2.27. The first-order valence-electron chi connectivity index (χ1n) is 8.55. The zero-order valence-corrected chi connectivity index (χ0v) is 16.3. The summed E-state index contributed by atoms with van der Waals surface area (Å²) in [6.45, 7) is 3.52. The standard InChI is InChI=1S/C22H21NO3S/c1-16-17(2)21(27(3,25)26)15-14-20(16)22(24)23(18-10-6-4-7-11-18)19-12-8-5-9-13-19/h4-15H,1-3H3. The molecule has 0 N–H and O–H groups in total. The first-order chi connectivity index (χ1) is 12.8. The van der Waals surface area contributed by atoms with E-state index in [9.17, 15) is 13.2 Å². The summed E-state index contributed by atoms with van der Waals surface area (Å²) in [6.07, 6.45) is 1.18. The van der Waals surface area contributed by atoms with Crippen LogP contribution in [0.25, 0.3) is 0 Å². The van der Waals surface area contributed by atoms with Crippen LogP contribution >= 0.6 is 0 Å². The van der Waals surface area contributed by atoms with Gasteiger partial charge in [-0.3, -0.25) is 9.69 Å². The number of amides is 1. The van der Waals surface area contributed by atoms with E-state index in [4.69, 9.17) is 0 Å². The Morgan fingerprint density at radius 1 is 0.741 bits per heavy atom. The van der Waals surface area contributed by atoms with Gasteiger partial charge in [0.2, 0.25) is 0 Å². The summed E-state index contributed by atoms with van der Waals surface area (Å²) in [5, 5.41) is 0. The molecule has 0 radical (unpaired) electrons. The molecule has 5 heteroatoms. The summed E-state index contributed by atoms with van der Waals surface area (Å²) in [4.78, 5) is 15.3. The van der Waals surface area contributed by atoms with Crippen LogP contribution in [-0.2, 0) is 9.84 Å². The van der Waals surface area contributed by atoms with E-state index in [1.165, 1.54) is 12.3 Å². The lowest BCUT2D eigenvalue weighted by Gasteiger charge is -2.24. The third-order valence-electron chi connectivity index (χ3n) is 4.60. The monoisotopic (exact) mass is 379 g/mol. The average Bonchev–Trinajstić information content (AvgIpc) is 2.65. The second kappa shape index (κ2) is 7.37. The molecule has 3 aromatic rings. The van der Waals surface area contributed by atoms with Crippen LogP contribution in [0.15, 0.2) is 77.7 Å². The van der Waals surface area contributed by atoms with Gasteiger partial charge in [0.1, 0.15) is 0 Å². The number of nitrogens with zero attached hydrogens (tertiary/aromatic N) is 1. The van der Waals surface area contributed by atoms with E-state index in [0.717, 1.165) is 11.4 Å². The molecule has 0 spiro atoms. The molecule has 0 heterocycles. The molecule has 4 nitrogen and oxygen atoms in total. The van der Waals surface area contributed by atoms with E-state index in [1.54, 1.807) is 24.8 Å². The number of anilines is 2. The molecule has 0 aliphatic heterocycles. The van der Waals surface area contributed by atoms with Crippen molar-refractivity contribution >= 4 is 27.1 Å². The van der Waals surface area contributed by atoms with Gasteiger partial charge in [0.15, 0.2) is 9.84 Å². The molecule has 3 aromatic carbocycles. The van der Waals surface area contributed by atoms with Crippen LogP contribution in [0.3, 0.4) is 0 Å². The molecule has 27 heavy (non-hydrogen) atoms. The second-order valence-corrected chi connectivity index (χ2v) is 8.43. The third kappa shape index (κ3) is 3.78. The SMILES string of the molecule is Cc1c(C(=O)N(c2ccccc2)c2ccccc2)ccc(S(C)(=O)=O)c1C. The minimum absolute atomic E-state index is 0.201. The van der Waals surface area contributed by atoms with Crippen LogP contribution in [-0.4, -0.2) is 20.6 Å². The third-order valence-corrected chi connectivity index (χ3v) is 5.84. The van der Waals surface area contributed by atoms with Gasteiger partial charge in [-0.15, -0.1) is 0 Å². The second-order valence-electron chi connectivity index (χ2n) is 6.45. The Morgan fingerprint density at radius 3 is 1.67 bits per heavy atom. The van der Waals surface area contributed by atoms with Gasteiger partial charge in [0.05, 0.1) is 4.90 Å². The lowest BCUT2D eigenvalue weighted by atomic mass is 10.0. The van der Waals surface area contributed by atoms with E-state index in [0.29, 0.717) is 16.7 Å². The summed E-state index contributed by atoms with van der Waals surface area (Å²) in [5.74, 6) is -0.201. The van der Waals surface area contributed by atoms with Crippen molar-refractivity contribution in [2.45, 2.75) is 18.7 Å². The minimum Gasteiger partial charge on any atom is -0.277 e. The van der Waals surface area contributed by atoms with E-state index in [2.05, 4.69) is 0 Å². The molecule has 0 bridgehead atoms. The fourth-order valence-corrected chi connectivity index (χ4v) is 4.11. The molecule has 0 atom stereocenters. The number of rotatable bonds is 4. The first-order valence-corrected chi connectivity index (χ1v) is 10.4. The number of carbonyl (C=O) groups is 1. The summed E-state index contributed by atoms with van der Waals surface area (Å²) < 4.78 is 23.9. The molecule has 1 amide bonds. The quantitative estimate of drug-likeness (QED) is 0.661. The van der Waals surface area contributed by atoms with Crippen LogP contribution in [0.4, 0.5) is 11.4 Å². The Hall–Kier alpha value is -2.92. The molecular formula is C22H21NO3S. The number of benzene rings is 3.